The lowest BCUT2D eigenvalue weighted by Crippen LogP contribution is -2.28. The van der Waals surface area contributed by atoms with Crippen LogP contribution in [0.15, 0.2) is 12.3 Å². The molecule has 0 spiro atoms. The van der Waals surface area contributed by atoms with E-state index in [2.05, 4.69) is 36.0 Å². The molecule has 1 aliphatic rings. The van der Waals surface area contributed by atoms with Gasteiger partial charge in [0.25, 0.3) is 0 Å². The second-order valence-corrected chi connectivity index (χ2v) is 7.15. The molecular weight excluding hydrogens is 265 g/mol. The van der Waals surface area contributed by atoms with Crippen LogP contribution in [0, 0.1) is 17.2 Å². The fourth-order valence-corrected chi connectivity index (χ4v) is 3.25. The van der Waals surface area contributed by atoms with Crippen LogP contribution in [0.5, 0.6) is 0 Å². The third kappa shape index (κ3) is 4.16. The van der Waals surface area contributed by atoms with Crippen molar-refractivity contribution in [3.63, 3.8) is 0 Å². The predicted octanol–water partition coefficient (Wildman–Crippen LogP) is 3.59. The standard InChI is InChI=1S/C17H28FN3/c1-17(2,3)14-6-5-8-21(9-7-14)16-13(11-19-4)10-15(18)12-20-16/h10,12,14,19H,5-9,11H2,1-4H3. The highest BCUT2D eigenvalue weighted by molar-refractivity contribution is 5.47. The maximum atomic E-state index is 13.4. The lowest BCUT2D eigenvalue weighted by Gasteiger charge is -2.30. The fourth-order valence-electron chi connectivity index (χ4n) is 3.25. The van der Waals surface area contributed by atoms with Crippen molar-refractivity contribution in [3.05, 3.63) is 23.6 Å². The predicted molar refractivity (Wildman–Crippen MR) is 86.0 cm³/mol. The Bertz CT molecular complexity index is 468. The van der Waals surface area contributed by atoms with E-state index in [0.717, 1.165) is 30.4 Å². The molecule has 0 aliphatic carbocycles. The van der Waals surface area contributed by atoms with Crippen molar-refractivity contribution in [3.8, 4) is 0 Å². The molecule has 0 aromatic carbocycles. The van der Waals surface area contributed by atoms with Gasteiger partial charge in [-0.15, -0.1) is 0 Å². The second-order valence-electron chi connectivity index (χ2n) is 7.15. The highest BCUT2D eigenvalue weighted by Gasteiger charge is 2.27. The summed E-state index contributed by atoms with van der Waals surface area (Å²) in [5, 5.41) is 3.11. The fraction of sp³-hybridized carbons (Fsp3) is 0.706. The highest BCUT2D eigenvalue weighted by Crippen LogP contribution is 2.35. The molecular formula is C17H28FN3. The van der Waals surface area contributed by atoms with Gasteiger partial charge in [0.2, 0.25) is 0 Å². The van der Waals surface area contributed by atoms with E-state index < -0.39 is 0 Å². The Kier molecular flexibility index (Phi) is 5.20. The SMILES string of the molecule is CNCc1cc(F)cnc1N1CCCC(C(C)(C)C)CC1. The highest BCUT2D eigenvalue weighted by atomic mass is 19.1. The summed E-state index contributed by atoms with van der Waals surface area (Å²) >= 11 is 0. The van der Waals surface area contributed by atoms with Gasteiger partial charge in [0, 0.05) is 25.2 Å². The summed E-state index contributed by atoms with van der Waals surface area (Å²) in [6, 6.07) is 1.60. The molecule has 0 bridgehead atoms. The Hall–Kier alpha value is -1.16. The van der Waals surface area contributed by atoms with Gasteiger partial charge in [-0.25, -0.2) is 9.37 Å². The van der Waals surface area contributed by atoms with E-state index in [0.29, 0.717) is 12.0 Å². The molecule has 118 valence electrons. The first-order chi connectivity index (χ1) is 9.91. The summed E-state index contributed by atoms with van der Waals surface area (Å²) < 4.78 is 13.4. The first kappa shape index (κ1) is 16.2. The zero-order valence-corrected chi connectivity index (χ0v) is 13.7. The van der Waals surface area contributed by atoms with Gasteiger partial charge in [-0.1, -0.05) is 20.8 Å². The van der Waals surface area contributed by atoms with Crippen LogP contribution >= 0.6 is 0 Å². The van der Waals surface area contributed by atoms with Crippen molar-refractivity contribution >= 4 is 5.82 Å². The number of aromatic nitrogens is 1. The van der Waals surface area contributed by atoms with E-state index in [1.807, 2.05) is 7.05 Å². The van der Waals surface area contributed by atoms with Crippen LogP contribution < -0.4 is 10.2 Å². The molecule has 1 aromatic rings. The summed E-state index contributed by atoms with van der Waals surface area (Å²) in [6.45, 7) is 9.67. The van der Waals surface area contributed by atoms with Crippen LogP contribution in [0.4, 0.5) is 10.2 Å². The van der Waals surface area contributed by atoms with E-state index in [4.69, 9.17) is 0 Å². The molecule has 4 heteroatoms. The second kappa shape index (κ2) is 6.73. The largest absolute Gasteiger partial charge is 0.356 e. The summed E-state index contributed by atoms with van der Waals surface area (Å²) in [5.41, 5.74) is 1.31. The minimum Gasteiger partial charge on any atom is -0.356 e. The van der Waals surface area contributed by atoms with Gasteiger partial charge in [-0.2, -0.15) is 0 Å². The van der Waals surface area contributed by atoms with Gasteiger partial charge < -0.3 is 10.2 Å². The summed E-state index contributed by atoms with van der Waals surface area (Å²) in [7, 11) is 1.88. The number of halogens is 1. The smallest absolute Gasteiger partial charge is 0.141 e. The summed E-state index contributed by atoms with van der Waals surface area (Å²) in [6.07, 6.45) is 4.96. The quantitative estimate of drug-likeness (QED) is 0.923. The van der Waals surface area contributed by atoms with Crippen LogP contribution in [0.1, 0.15) is 45.6 Å². The van der Waals surface area contributed by atoms with Crippen molar-refractivity contribution in [1.29, 1.82) is 0 Å². The third-order valence-electron chi connectivity index (χ3n) is 4.53. The molecule has 21 heavy (non-hydrogen) atoms. The molecule has 0 radical (unpaired) electrons. The molecule has 0 amide bonds. The monoisotopic (exact) mass is 293 g/mol. The number of rotatable bonds is 3. The van der Waals surface area contributed by atoms with Crippen LogP contribution in [0.2, 0.25) is 0 Å². The molecule has 1 aromatic heterocycles. The van der Waals surface area contributed by atoms with Gasteiger partial charge in [-0.3, -0.25) is 0 Å². The first-order valence-corrected chi connectivity index (χ1v) is 7.96. The van der Waals surface area contributed by atoms with Crippen molar-refractivity contribution in [1.82, 2.24) is 10.3 Å². The van der Waals surface area contributed by atoms with Crippen LogP contribution in [-0.4, -0.2) is 25.1 Å². The first-order valence-electron chi connectivity index (χ1n) is 7.96. The molecule has 2 heterocycles. The Balaban J connectivity index is 2.15. The van der Waals surface area contributed by atoms with Gasteiger partial charge in [0.15, 0.2) is 0 Å². The lowest BCUT2D eigenvalue weighted by atomic mass is 9.77. The van der Waals surface area contributed by atoms with Crippen LogP contribution in [-0.2, 0) is 6.54 Å². The van der Waals surface area contributed by atoms with Gasteiger partial charge in [0.1, 0.15) is 11.6 Å². The average Bonchev–Trinajstić information content (AvgIpc) is 2.64. The Morgan fingerprint density at radius 3 is 2.76 bits per heavy atom. The van der Waals surface area contributed by atoms with Crippen molar-refractivity contribution < 1.29 is 4.39 Å². The number of nitrogens with zero attached hydrogens (tertiary/aromatic N) is 2. The van der Waals surface area contributed by atoms with Crippen molar-refractivity contribution in [2.75, 3.05) is 25.0 Å². The Morgan fingerprint density at radius 1 is 1.33 bits per heavy atom. The molecule has 1 fully saturated rings. The molecule has 2 rings (SSSR count). The minimum atomic E-state index is -0.258. The topological polar surface area (TPSA) is 28.2 Å². The zero-order valence-electron chi connectivity index (χ0n) is 13.7. The van der Waals surface area contributed by atoms with E-state index in [-0.39, 0.29) is 5.82 Å². The maximum absolute atomic E-state index is 13.4. The minimum absolute atomic E-state index is 0.258. The number of pyridine rings is 1. The number of hydrogen-bond acceptors (Lipinski definition) is 3. The number of nitrogens with one attached hydrogen (secondary N) is 1. The molecule has 1 saturated heterocycles. The Labute approximate surface area is 127 Å². The van der Waals surface area contributed by atoms with Gasteiger partial charge in [0.05, 0.1) is 6.20 Å². The van der Waals surface area contributed by atoms with Crippen molar-refractivity contribution in [2.45, 2.75) is 46.6 Å². The van der Waals surface area contributed by atoms with Crippen LogP contribution in [0.25, 0.3) is 0 Å². The lowest BCUT2D eigenvalue weighted by molar-refractivity contribution is 0.220. The molecule has 1 atom stereocenters. The van der Waals surface area contributed by atoms with Crippen molar-refractivity contribution in [2.24, 2.45) is 11.3 Å². The third-order valence-corrected chi connectivity index (χ3v) is 4.53. The number of hydrogen-bond donors (Lipinski definition) is 1. The van der Waals surface area contributed by atoms with E-state index in [9.17, 15) is 4.39 Å². The molecule has 0 saturated carbocycles. The summed E-state index contributed by atoms with van der Waals surface area (Å²) in [5.74, 6) is 1.43. The molecule has 1 aliphatic heterocycles. The summed E-state index contributed by atoms with van der Waals surface area (Å²) in [4.78, 5) is 6.69. The van der Waals surface area contributed by atoms with E-state index >= 15 is 0 Å². The maximum Gasteiger partial charge on any atom is 0.141 e. The van der Waals surface area contributed by atoms with E-state index in [1.54, 1.807) is 6.07 Å². The normalized spacial score (nSPS) is 20.4. The number of anilines is 1. The molecule has 1 unspecified atom stereocenters. The van der Waals surface area contributed by atoms with E-state index in [1.165, 1.54) is 25.5 Å². The molecule has 1 N–H and O–H groups in total. The zero-order chi connectivity index (χ0) is 15.5. The van der Waals surface area contributed by atoms with Crippen LogP contribution in [0.3, 0.4) is 0 Å². The van der Waals surface area contributed by atoms with Gasteiger partial charge >= 0.3 is 0 Å². The average molecular weight is 293 g/mol. The molecule has 3 nitrogen and oxygen atoms in total. The van der Waals surface area contributed by atoms with Gasteiger partial charge in [-0.05, 0) is 43.7 Å². The Morgan fingerprint density at radius 2 is 2.10 bits per heavy atom.